The number of aryl methyl sites for hydroxylation is 1. The minimum atomic E-state index is -4.48. The Bertz CT molecular complexity index is 578. The number of alkyl halides is 3. The molecule has 0 fully saturated rings. The first-order valence-corrected chi connectivity index (χ1v) is 5.63. The van der Waals surface area contributed by atoms with E-state index < -0.39 is 11.9 Å². The summed E-state index contributed by atoms with van der Waals surface area (Å²) in [5, 5.41) is 3.58. The van der Waals surface area contributed by atoms with E-state index in [1.165, 1.54) is 18.0 Å². The summed E-state index contributed by atoms with van der Waals surface area (Å²) in [6.45, 7) is 1.75. The standard InChI is InChI=1S/C12H12F3N3O/c1-3-8-7-10(12(13,14)15)17-18(8)11-9(19-2)5-4-6-16-11/h4-7H,3H2,1-2H3. The molecule has 0 radical (unpaired) electrons. The summed E-state index contributed by atoms with van der Waals surface area (Å²) in [5.74, 6) is 0.617. The molecule has 2 rings (SSSR count). The van der Waals surface area contributed by atoms with Gasteiger partial charge in [0.2, 0.25) is 0 Å². The highest BCUT2D eigenvalue weighted by Gasteiger charge is 2.35. The van der Waals surface area contributed by atoms with E-state index in [-0.39, 0.29) is 5.82 Å². The van der Waals surface area contributed by atoms with Crippen molar-refractivity contribution in [3.63, 3.8) is 0 Å². The lowest BCUT2D eigenvalue weighted by molar-refractivity contribution is -0.141. The predicted octanol–water partition coefficient (Wildman–Crippen LogP) is 2.86. The average Bonchev–Trinajstić information content (AvgIpc) is 2.82. The molecule has 2 aromatic heterocycles. The average molecular weight is 271 g/mol. The van der Waals surface area contributed by atoms with E-state index in [9.17, 15) is 13.2 Å². The van der Waals surface area contributed by atoms with Gasteiger partial charge in [0.05, 0.1) is 7.11 Å². The Morgan fingerprint density at radius 3 is 2.68 bits per heavy atom. The smallest absolute Gasteiger partial charge is 0.435 e. The number of rotatable bonds is 3. The monoisotopic (exact) mass is 271 g/mol. The molecule has 0 aliphatic carbocycles. The predicted molar refractivity (Wildman–Crippen MR) is 62.3 cm³/mol. The molecule has 0 aliphatic heterocycles. The maximum Gasteiger partial charge on any atom is 0.435 e. The van der Waals surface area contributed by atoms with Gasteiger partial charge < -0.3 is 4.74 Å². The minimum absolute atomic E-state index is 0.248. The lowest BCUT2D eigenvalue weighted by atomic mass is 10.3. The molecule has 4 nitrogen and oxygen atoms in total. The third-order valence-electron chi connectivity index (χ3n) is 2.61. The summed E-state index contributed by atoms with van der Waals surface area (Å²) in [6.07, 6.45) is -2.59. The van der Waals surface area contributed by atoms with Crippen molar-refractivity contribution in [3.8, 4) is 11.6 Å². The Hall–Kier alpha value is -2.05. The highest BCUT2D eigenvalue weighted by atomic mass is 19.4. The number of aromatic nitrogens is 3. The SMILES string of the molecule is CCc1cc(C(F)(F)F)nn1-c1ncccc1OC. The van der Waals surface area contributed by atoms with Crippen LogP contribution in [0.1, 0.15) is 18.3 Å². The minimum Gasteiger partial charge on any atom is -0.493 e. The molecule has 0 N–H and O–H groups in total. The molecule has 0 aromatic carbocycles. The second-order valence-corrected chi connectivity index (χ2v) is 3.81. The normalized spacial score (nSPS) is 11.6. The Balaban J connectivity index is 2.58. The number of pyridine rings is 1. The van der Waals surface area contributed by atoms with Crippen LogP contribution in [0, 0.1) is 0 Å². The maximum atomic E-state index is 12.7. The van der Waals surface area contributed by atoms with Crippen LogP contribution in [0.4, 0.5) is 13.2 Å². The molecule has 0 saturated carbocycles. The van der Waals surface area contributed by atoms with Crippen molar-refractivity contribution < 1.29 is 17.9 Å². The van der Waals surface area contributed by atoms with Crippen LogP contribution in [0.2, 0.25) is 0 Å². The number of methoxy groups -OCH3 is 1. The summed E-state index contributed by atoms with van der Waals surface area (Å²) in [4.78, 5) is 4.03. The van der Waals surface area contributed by atoms with Crippen LogP contribution in [0.5, 0.6) is 5.75 Å². The summed E-state index contributed by atoms with van der Waals surface area (Å²) in [7, 11) is 1.43. The van der Waals surface area contributed by atoms with Gasteiger partial charge in [-0.2, -0.15) is 18.3 Å². The zero-order chi connectivity index (χ0) is 14.0. The third kappa shape index (κ3) is 2.54. The van der Waals surface area contributed by atoms with Crippen LogP contribution >= 0.6 is 0 Å². The summed E-state index contributed by atoms with van der Waals surface area (Å²) in [5.41, 5.74) is -0.513. The van der Waals surface area contributed by atoms with Gasteiger partial charge in [-0.15, -0.1) is 0 Å². The molecule has 7 heteroatoms. The maximum absolute atomic E-state index is 12.7. The molecule has 0 unspecified atom stereocenters. The van der Waals surface area contributed by atoms with Gasteiger partial charge in [0.1, 0.15) is 0 Å². The van der Waals surface area contributed by atoms with Crippen molar-refractivity contribution in [2.45, 2.75) is 19.5 Å². The number of ether oxygens (including phenoxy) is 1. The summed E-state index contributed by atoms with van der Waals surface area (Å²) >= 11 is 0. The number of hydrogen-bond donors (Lipinski definition) is 0. The van der Waals surface area contributed by atoms with Gasteiger partial charge in [0, 0.05) is 11.9 Å². The van der Waals surface area contributed by atoms with E-state index in [4.69, 9.17) is 4.74 Å². The zero-order valence-corrected chi connectivity index (χ0v) is 10.4. The van der Waals surface area contributed by atoms with Crippen LogP contribution in [0.25, 0.3) is 5.82 Å². The number of nitrogens with zero attached hydrogens (tertiary/aromatic N) is 3. The zero-order valence-electron chi connectivity index (χ0n) is 10.4. The molecule has 2 aromatic rings. The second kappa shape index (κ2) is 4.91. The van der Waals surface area contributed by atoms with Crippen LogP contribution in [0.15, 0.2) is 24.4 Å². The largest absolute Gasteiger partial charge is 0.493 e. The van der Waals surface area contributed by atoms with Gasteiger partial charge in [-0.3, -0.25) is 0 Å². The van der Waals surface area contributed by atoms with Crippen molar-refractivity contribution in [1.29, 1.82) is 0 Å². The van der Waals surface area contributed by atoms with Crippen LogP contribution in [-0.4, -0.2) is 21.9 Å². The quantitative estimate of drug-likeness (QED) is 0.861. The molecule has 0 saturated heterocycles. The Morgan fingerprint density at radius 1 is 1.37 bits per heavy atom. The van der Waals surface area contributed by atoms with Gasteiger partial charge >= 0.3 is 6.18 Å². The number of halogens is 3. The van der Waals surface area contributed by atoms with Crippen molar-refractivity contribution >= 4 is 0 Å². The van der Waals surface area contributed by atoms with Crippen molar-refractivity contribution in [2.75, 3.05) is 7.11 Å². The van der Waals surface area contributed by atoms with E-state index in [0.29, 0.717) is 17.9 Å². The molecule has 2 heterocycles. The fraction of sp³-hybridized carbons (Fsp3) is 0.333. The summed E-state index contributed by atoms with van der Waals surface area (Å²) < 4.78 is 44.3. The van der Waals surface area contributed by atoms with Crippen molar-refractivity contribution in [1.82, 2.24) is 14.8 Å². The molecular formula is C12H12F3N3O. The van der Waals surface area contributed by atoms with E-state index in [1.54, 1.807) is 19.1 Å². The van der Waals surface area contributed by atoms with E-state index in [0.717, 1.165) is 6.07 Å². The Labute approximate surface area is 107 Å². The summed E-state index contributed by atoms with van der Waals surface area (Å²) in [6, 6.07) is 4.28. The van der Waals surface area contributed by atoms with Gasteiger partial charge in [0.15, 0.2) is 17.3 Å². The topological polar surface area (TPSA) is 39.9 Å². The van der Waals surface area contributed by atoms with Gasteiger partial charge in [0.25, 0.3) is 0 Å². The number of hydrogen-bond acceptors (Lipinski definition) is 3. The molecule has 19 heavy (non-hydrogen) atoms. The Kier molecular flexibility index (Phi) is 3.46. The molecule has 0 aliphatic rings. The fourth-order valence-corrected chi connectivity index (χ4v) is 1.69. The lowest BCUT2D eigenvalue weighted by Crippen LogP contribution is -2.09. The molecule has 0 amide bonds. The highest BCUT2D eigenvalue weighted by Crippen LogP contribution is 2.30. The fourth-order valence-electron chi connectivity index (χ4n) is 1.69. The van der Waals surface area contributed by atoms with Crippen LogP contribution in [-0.2, 0) is 12.6 Å². The van der Waals surface area contributed by atoms with Gasteiger partial charge in [-0.05, 0) is 24.6 Å². The molecule has 102 valence electrons. The van der Waals surface area contributed by atoms with Gasteiger partial charge in [-0.25, -0.2) is 9.67 Å². The van der Waals surface area contributed by atoms with Crippen LogP contribution < -0.4 is 4.74 Å². The van der Waals surface area contributed by atoms with E-state index in [1.807, 2.05) is 0 Å². The molecule has 0 atom stereocenters. The first-order valence-electron chi connectivity index (χ1n) is 5.63. The van der Waals surface area contributed by atoms with Gasteiger partial charge in [-0.1, -0.05) is 6.92 Å². The van der Waals surface area contributed by atoms with Crippen molar-refractivity contribution in [2.24, 2.45) is 0 Å². The second-order valence-electron chi connectivity index (χ2n) is 3.81. The Morgan fingerprint density at radius 2 is 2.11 bits per heavy atom. The highest BCUT2D eigenvalue weighted by molar-refractivity contribution is 5.41. The lowest BCUT2D eigenvalue weighted by Gasteiger charge is -2.09. The molecular weight excluding hydrogens is 259 g/mol. The molecule has 0 spiro atoms. The van der Waals surface area contributed by atoms with E-state index in [2.05, 4.69) is 10.1 Å². The van der Waals surface area contributed by atoms with E-state index >= 15 is 0 Å². The first-order chi connectivity index (χ1) is 8.97. The van der Waals surface area contributed by atoms with Crippen LogP contribution in [0.3, 0.4) is 0 Å². The van der Waals surface area contributed by atoms with Crippen molar-refractivity contribution in [3.05, 3.63) is 35.8 Å². The first kappa shape index (κ1) is 13.4. The molecule has 0 bridgehead atoms. The third-order valence-corrected chi connectivity index (χ3v) is 2.61.